The van der Waals surface area contributed by atoms with Crippen LogP contribution in [0.2, 0.25) is 0 Å². The highest BCUT2D eigenvalue weighted by molar-refractivity contribution is 7.95. The molecule has 9 N–H and O–H groups in total. The molecular formula is C40H29N3O24S9. The summed E-state index contributed by atoms with van der Waals surface area (Å²) in [5, 5.41) is 23.3. The molecular weight excluding hydrogens is 1200 g/mol. The summed E-state index contributed by atoms with van der Waals surface area (Å²) in [4.78, 5) is -5.82. The molecule has 402 valence electrons. The number of nitrogens with one attached hydrogen (secondary N) is 3. The van der Waals surface area contributed by atoms with E-state index in [2.05, 4.69) is 32.9 Å². The van der Waals surface area contributed by atoms with E-state index < -0.39 is 116 Å². The van der Waals surface area contributed by atoms with Gasteiger partial charge in [0.25, 0.3) is 70.5 Å². The second-order valence-electron chi connectivity index (χ2n) is 15.5. The molecule has 0 amide bonds. The highest BCUT2D eigenvalue weighted by Gasteiger charge is 2.28. The van der Waals surface area contributed by atoms with Gasteiger partial charge < -0.3 is 0 Å². The number of fused-ring (bicyclic) bond motifs is 4. The fourth-order valence-electron chi connectivity index (χ4n) is 7.53. The number of benzene rings is 8. The van der Waals surface area contributed by atoms with Gasteiger partial charge in [-0.3, -0.25) is 32.4 Å². The Labute approximate surface area is 437 Å². The Bertz CT molecular complexity index is 4580. The Balaban J connectivity index is 1.25. The third kappa shape index (κ3) is 12.1. The van der Waals surface area contributed by atoms with E-state index in [1.807, 2.05) is 0 Å². The molecule has 0 heterocycles. The smallest absolute Gasteiger partial charge is 0.282 e. The Morgan fingerprint density at radius 3 is 1.18 bits per heavy atom. The predicted octanol–water partition coefficient (Wildman–Crippen LogP) is 6.55. The van der Waals surface area contributed by atoms with Crippen molar-refractivity contribution in [2.24, 2.45) is 0 Å². The van der Waals surface area contributed by atoms with Crippen molar-refractivity contribution in [3.63, 3.8) is 0 Å². The van der Waals surface area contributed by atoms with Gasteiger partial charge in [0, 0.05) is 43.0 Å². The minimum absolute atomic E-state index is 0.0806. The van der Waals surface area contributed by atoms with Crippen LogP contribution in [0.3, 0.4) is 0 Å². The molecule has 0 aliphatic heterocycles. The molecule has 8 aromatic carbocycles. The van der Waals surface area contributed by atoms with Crippen LogP contribution in [0.1, 0.15) is 0 Å². The zero-order chi connectivity index (χ0) is 55.6. The summed E-state index contributed by atoms with van der Waals surface area (Å²) < 4.78 is 237. The van der Waals surface area contributed by atoms with E-state index in [9.17, 15) is 77.1 Å². The van der Waals surface area contributed by atoms with Crippen LogP contribution < -0.4 is 14.2 Å². The number of anilines is 3. The molecule has 8 rings (SSSR count). The lowest BCUT2D eigenvalue weighted by Gasteiger charge is -2.16. The fraction of sp³-hybridized carbons (Fsp3) is 0. The van der Waals surface area contributed by atoms with Gasteiger partial charge in [-0.15, -0.1) is 8.67 Å². The van der Waals surface area contributed by atoms with E-state index in [1.54, 1.807) is 0 Å². The molecule has 8 aromatic rings. The first-order valence-electron chi connectivity index (χ1n) is 19.9. The van der Waals surface area contributed by atoms with E-state index in [1.165, 1.54) is 30.3 Å². The minimum Gasteiger partial charge on any atom is -0.282 e. The lowest BCUT2D eigenvalue weighted by atomic mass is 10.1. The monoisotopic (exact) mass is 1220 g/mol. The minimum atomic E-state index is -5.17. The van der Waals surface area contributed by atoms with Gasteiger partial charge in [0.1, 0.15) is 9.79 Å². The molecule has 0 unspecified atom stereocenters. The Morgan fingerprint density at radius 1 is 0.342 bits per heavy atom. The summed E-state index contributed by atoms with van der Waals surface area (Å²) in [6.45, 7) is 0. The molecule has 0 saturated carbocycles. The van der Waals surface area contributed by atoms with Crippen molar-refractivity contribution in [1.29, 1.82) is 0 Å². The van der Waals surface area contributed by atoms with Gasteiger partial charge in [0.2, 0.25) is 0 Å². The summed E-state index contributed by atoms with van der Waals surface area (Å²) in [7, 11) is -35.5. The molecule has 0 spiro atoms. The van der Waals surface area contributed by atoms with Crippen LogP contribution in [0.4, 0.5) is 17.1 Å². The lowest BCUT2D eigenvalue weighted by molar-refractivity contribution is -0.432. The van der Waals surface area contributed by atoms with Crippen molar-refractivity contribution >= 4 is 155 Å². The number of hydrogen-bond acceptors (Lipinski definition) is 22. The average molecular weight is 1220 g/mol. The maximum absolute atomic E-state index is 14.5. The summed E-state index contributed by atoms with van der Waals surface area (Å²) in [5.74, 6) is 0. The maximum Gasteiger partial charge on any atom is 0.295 e. The number of sulfonamides is 3. The molecule has 0 aliphatic rings. The van der Waals surface area contributed by atoms with Crippen molar-refractivity contribution in [2.45, 2.75) is 44.1 Å². The molecule has 0 atom stereocenters. The summed E-state index contributed by atoms with van der Waals surface area (Å²) in [5.41, 5.74) is -0.961. The van der Waals surface area contributed by atoms with Crippen LogP contribution in [-0.2, 0) is 89.3 Å². The van der Waals surface area contributed by atoms with Gasteiger partial charge in [-0.25, -0.2) is 35.8 Å². The Hall–Kier alpha value is -5.85. The molecule has 0 radical (unpaired) electrons. The largest absolute Gasteiger partial charge is 0.295 e. The van der Waals surface area contributed by atoms with Gasteiger partial charge >= 0.3 is 0 Å². The first kappa shape index (κ1) is 56.4. The van der Waals surface area contributed by atoms with E-state index in [0.29, 0.717) is 53.1 Å². The summed E-state index contributed by atoms with van der Waals surface area (Å²) in [6, 6.07) is 19.4. The van der Waals surface area contributed by atoms with Crippen LogP contribution in [0.15, 0.2) is 165 Å². The van der Waals surface area contributed by atoms with Crippen molar-refractivity contribution < 1.29 is 106 Å². The lowest BCUT2D eigenvalue weighted by Crippen LogP contribution is -2.17. The molecule has 0 saturated heterocycles. The van der Waals surface area contributed by atoms with Crippen LogP contribution in [0.5, 0.6) is 0 Å². The second-order valence-corrected chi connectivity index (χ2v) is 27.7. The summed E-state index contributed by atoms with van der Waals surface area (Å²) >= 11 is 1.06. The van der Waals surface area contributed by atoms with Gasteiger partial charge in [-0.2, -0.15) is 33.7 Å². The average Bonchev–Trinajstić information content (AvgIpc) is 3.32. The van der Waals surface area contributed by atoms with Crippen molar-refractivity contribution in [1.82, 2.24) is 0 Å². The molecule has 0 aliphatic carbocycles. The summed E-state index contributed by atoms with van der Waals surface area (Å²) in [6.07, 6.45) is 0. The topological polar surface area (TPSA) is 433 Å². The maximum atomic E-state index is 14.5. The fourth-order valence-corrected chi connectivity index (χ4v) is 14.9. The molecule has 0 bridgehead atoms. The molecule has 0 aromatic heterocycles. The predicted molar refractivity (Wildman–Crippen MR) is 269 cm³/mol. The van der Waals surface area contributed by atoms with Crippen LogP contribution in [-0.4, -0.2) is 87.7 Å². The molecule has 27 nitrogen and oxygen atoms in total. The Morgan fingerprint density at radius 2 is 0.711 bits per heavy atom. The third-order valence-corrected chi connectivity index (χ3v) is 19.5. The van der Waals surface area contributed by atoms with E-state index in [4.69, 9.17) is 10.5 Å². The molecule has 36 heteroatoms. The van der Waals surface area contributed by atoms with E-state index >= 15 is 0 Å². The second kappa shape index (κ2) is 20.5. The number of rotatable bonds is 19. The van der Waals surface area contributed by atoms with Crippen LogP contribution in [0.25, 0.3) is 43.1 Å². The van der Waals surface area contributed by atoms with E-state index in [0.717, 1.165) is 72.8 Å². The number of hydrogen-bond donors (Lipinski definition) is 9. The van der Waals surface area contributed by atoms with Gasteiger partial charge in [0.05, 0.1) is 48.6 Å². The zero-order valence-corrected chi connectivity index (χ0v) is 44.1. The first-order chi connectivity index (χ1) is 35.3. The van der Waals surface area contributed by atoms with Gasteiger partial charge in [-0.1, -0.05) is 34.3 Å². The van der Waals surface area contributed by atoms with Gasteiger partial charge in [0.15, 0.2) is 0 Å². The quantitative estimate of drug-likeness (QED) is 0.0179. The molecule has 0 fully saturated rings. The highest BCUT2D eigenvalue weighted by Crippen LogP contribution is 2.38. The first-order valence-corrected chi connectivity index (χ1v) is 31.6. The van der Waals surface area contributed by atoms with Crippen LogP contribution >= 0.6 is 24.1 Å². The third-order valence-electron chi connectivity index (χ3n) is 10.7. The SMILES string of the molecule is O=S(=O)(O)c1cc(S(=O)(=O)O)c2ccc(NS(=O)(=O)c3cc(S(=O)(=O)Nc4ccc5c(S(=O)(=O)O)cc(S(=O)(=O)O)cc5c4)c4ccc(S(=O)(=O)Nc5ccc6c(SOOO)cc(SOOO)cc6c5)cc4c3)cc2c1. The van der Waals surface area contributed by atoms with E-state index in [-0.39, 0.29) is 47.8 Å². The Kier molecular flexibility index (Phi) is 15.2. The van der Waals surface area contributed by atoms with Crippen molar-refractivity contribution in [3.8, 4) is 0 Å². The van der Waals surface area contributed by atoms with Crippen molar-refractivity contribution in [3.05, 3.63) is 121 Å². The zero-order valence-electron chi connectivity index (χ0n) is 36.8. The molecule has 76 heavy (non-hydrogen) atoms. The highest BCUT2D eigenvalue weighted by atomic mass is 32.2. The van der Waals surface area contributed by atoms with Crippen molar-refractivity contribution in [2.75, 3.05) is 14.2 Å². The standard InChI is InChI=1S/C40H29N3O24S9/c44-64-66-68-28-12-21-9-25(1-5-33(21)37(17-28)69-67-65-45)41-70(46,47)29-4-8-34-24(13-29)14-30(71(48,49)42-26-2-6-35-22(10-26)15-31(73(52,53)54)19-39(35)75(58,59)60)18-38(34)72(50,51)43-27-3-7-36-23(11-27)16-32(74(55,56)57)20-40(36)76(61,62)63/h1-20,41-45H,(H,52,53,54)(H,55,56,57)(H,58,59,60)(H,61,62,63). The van der Waals surface area contributed by atoms with Crippen LogP contribution in [0, 0.1) is 0 Å². The normalized spacial score (nSPS) is 13.1. The van der Waals surface area contributed by atoms with Gasteiger partial charge in [-0.05, 0) is 124 Å².